The van der Waals surface area contributed by atoms with Crippen LogP contribution in [0.3, 0.4) is 0 Å². The highest BCUT2D eigenvalue weighted by atomic mass is 79.9. The highest BCUT2D eigenvalue weighted by Crippen LogP contribution is 2.51. The van der Waals surface area contributed by atoms with Crippen LogP contribution in [-0.2, 0) is 16.0 Å². The molecular weight excluding hydrogens is 544 g/mol. The number of esters is 1. The maximum Gasteiger partial charge on any atom is 0.310 e. The molecule has 0 unspecified atom stereocenters. The molecule has 1 spiro atoms. The number of non-ortho nitro benzene ring substituents is 1. The molecule has 2 aliphatic carbocycles. The van der Waals surface area contributed by atoms with Crippen molar-refractivity contribution >= 4 is 44.7 Å². The van der Waals surface area contributed by atoms with Gasteiger partial charge in [0.25, 0.3) is 5.69 Å². The van der Waals surface area contributed by atoms with E-state index in [1.54, 1.807) is 0 Å². The molecule has 196 valence electrons. The summed E-state index contributed by atoms with van der Waals surface area (Å²) in [5, 5.41) is 27.0. The van der Waals surface area contributed by atoms with Crippen LogP contribution >= 0.6 is 15.9 Å². The maximum atomic E-state index is 12.5. The molecule has 0 radical (unpaired) electrons. The number of ether oxygens (including phenoxy) is 1. The fourth-order valence-electron chi connectivity index (χ4n) is 5.55. The average molecular weight is 573 g/mol. The molecule has 2 aromatic carbocycles. The van der Waals surface area contributed by atoms with E-state index in [9.17, 15) is 25.0 Å². The number of hydrogen-bond acceptors (Lipinski definition) is 8. The average Bonchev–Trinajstić information content (AvgIpc) is 3.13. The number of benzene rings is 2. The predicted molar refractivity (Wildman–Crippen MR) is 142 cm³/mol. The number of nitrogens with zero attached hydrogens (tertiary/aromatic N) is 3. The molecule has 11 heteroatoms. The molecule has 2 saturated carbocycles. The number of halogens is 1. The number of nitro groups is 2. The second-order valence-corrected chi connectivity index (χ2v) is 10.7. The van der Waals surface area contributed by atoms with Crippen LogP contribution in [0.4, 0.5) is 17.1 Å². The van der Waals surface area contributed by atoms with E-state index in [4.69, 9.17) is 4.74 Å². The van der Waals surface area contributed by atoms with Crippen LogP contribution in [0, 0.1) is 31.6 Å². The van der Waals surface area contributed by atoms with Crippen molar-refractivity contribution in [2.75, 3.05) is 12.0 Å². The maximum absolute atomic E-state index is 12.5. The van der Waals surface area contributed by atoms with Gasteiger partial charge in [-0.15, -0.1) is 0 Å². The van der Waals surface area contributed by atoms with E-state index in [0.29, 0.717) is 6.61 Å². The van der Waals surface area contributed by atoms with E-state index in [0.717, 1.165) is 73.2 Å². The van der Waals surface area contributed by atoms with Crippen LogP contribution in [0.1, 0.15) is 56.9 Å². The van der Waals surface area contributed by atoms with Crippen molar-refractivity contribution in [1.29, 1.82) is 0 Å². The summed E-state index contributed by atoms with van der Waals surface area (Å²) in [7, 11) is 0. The molecule has 10 nitrogen and oxygen atoms in total. The Kier molecular flexibility index (Phi) is 8.52. The second-order valence-electron chi connectivity index (χ2n) is 9.83. The molecule has 0 aliphatic heterocycles. The number of anilines is 1. The van der Waals surface area contributed by atoms with Gasteiger partial charge in [0.15, 0.2) is 0 Å². The zero-order chi connectivity index (χ0) is 26.4. The van der Waals surface area contributed by atoms with Crippen LogP contribution in [0.5, 0.6) is 0 Å². The Morgan fingerprint density at radius 3 is 2.57 bits per heavy atom. The molecule has 2 aromatic rings. The fraction of sp³-hybridized carbons (Fsp3) is 0.462. The molecular formula is C26H29BrN4O6. The van der Waals surface area contributed by atoms with E-state index in [-0.39, 0.29) is 35.1 Å². The minimum atomic E-state index is -0.663. The second kappa shape index (κ2) is 11.8. The Morgan fingerprint density at radius 2 is 1.84 bits per heavy atom. The van der Waals surface area contributed by atoms with Crippen LogP contribution in [0.15, 0.2) is 52.0 Å². The monoisotopic (exact) mass is 572 g/mol. The molecule has 4 rings (SSSR count). The van der Waals surface area contributed by atoms with Gasteiger partial charge < -0.3 is 4.74 Å². The Hall–Kier alpha value is -3.34. The summed E-state index contributed by atoms with van der Waals surface area (Å²) in [4.78, 5) is 33.7. The highest BCUT2D eigenvalue weighted by Gasteiger charge is 2.44. The van der Waals surface area contributed by atoms with Gasteiger partial charge in [-0.3, -0.25) is 30.4 Å². The number of hydrogen-bond donors (Lipinski definition) is 1. The molecule has 37 heavy (non-hydrogen) atoms. The van der Waals surface area contributed by atoms with Gasteiger partial charge in [0, 0.05) is 16.3 Å². The zero-order valence-electron chi connectivity index (χ0n) is 20.4. The summed E-state index contributed by atoms with van der Waals surface area (Å²) in [5.41, 5.74) is 3.98. The molecule has 2 aliphatic rings. The fourth-order valence-corrected chi connectivity index (χ4v) is 5.81. The van der Waals surface area contributed by atoms with Crippen molar-refractivity contribution in [3.8, 4) is 0 Å². The van der Waals surface area contributed by atoms with Gasteiger partial charge in [-0.2, -0.15) is 5.10 Å². The quantitative estimate of drug-likeness (QED) is 0.214. The highest BCUT2D eigenvalue weighted by molar-refractivity contribution is 9.10. The van der Waals surface area contributed by atoms with E-state index in [1.165, 1.54) is 12.1 Å². The normalized spacial score (nSPS) is 22.5. The third-order valence-electron chi connectivity index (χ3n) is 7.47. The van der Waals surface area contributed by atoms with E-state index < -0.39 is 15.5 Å². The van der Waals surface area contributed by atoms with Crippen molar-refractivity contribution in [2.24, 2.45) is 16.4 Å². The third kappa shape index (κ3) is 6.71. The molecule has 2 fully saturated rings. The topological polar surface area (TPSA) is 137 Å². The summed E-state index contributed by atoms with van der Waals surface area (Å²) in [6, 6.07) is 11.1. The summed E-state index contributed by atoms with van der Waals surface area (Å²) in [6.45, 7) is 0.379. The Bertz CT molecular complexity index is 1200. The number of nitrogens with one attached hydrogen (secondary N) is 1. The lowest BCUT2D eigenvalue weighted by Gasteiger charge is -2.34. The standard InChI is InChI=1S/C26H29BrN4O6/c27-20-8-6-18(7-9-20)14-25(32)37-17-19-4-3-13-26(19)12-2-1-5-21(16-26)28-29-23-11-10-22(30(33)34)15-24(23)31(35)36/h6-11,15,19,29H,1-5,12-14,16-17H2/b28-21+/t19-,26+/m0/s1. The Labute approximate surface area is 222 Å². The number of nitro benzene ring substituents is 2. The van der Waals surface area contributed by atoms with Gasteiger partial charge in [0.05, 0.1) is 28.9 Å². The van der Waals surface area contributed by atoms with Gasteiger partial charge >= 0.3 is 11.7 Å². The Morgan fingerprint density at radius 1 is 1.08 bits per heavy atom. The number of rotatable bonds is 8. The smallest absolute Gasteiger partial charge is 0.310 e. The van der Waals surface area contributed by atoms with Crippen molar-refractivity contribution in [2.45, 2.75) is 57.8 Å². The van der Waals surface area contributed by atoms with E-state index in [1.807, 2.05) is 24.3 Å². The largest absolute Gasteiger partial charge is 0.465 e. The molecule has 1 N–H and O–H groups in total. The first-order valence-electron chi connectivity index (χ1n) is 12.4. The lowest BCUT2D eigenvalue weighted by atomic mass is 9.72. The number of hydrazone groups is 1. The lowest BCUT2D eigenvalue weighted by molar-refractivity contribution is -0.393. The number of carbonyl (C=O) groups is 1. The SMILES string of the molecule is O=C(Cc1ccc(Br)cc1)OC[C@@H]1CCC[C@@]12CCCC/C(=N\Nc1ccc([N+](=O)[O-])cc1[N+](=O)[O-])C2. The minimum Gasteiger partial charge on any atom is -0.465 e. The molecule has 0 amide bonds. The first-order valence-corrected chi connectivity index (χ1v) is 13.2. The van der Waals surface area contributed by atoms with Crippen molar-refractivity contribution < 1.29 is 19.4 Å². The van der Waals surface area contributed by atoms with Gasteiger partial charge in [-0.05, 0) is 73.6 Å². The van der Waals surface area contributed by atoms with Gasteiger partial charge in [0.1, 0.15) is 5.69 Å². The van der Waals surface area contributed by atoms with Crippen molar-refractivity contribution in [3.05, 3.63) is 72.7 Å². The van der Waals surface area contributed by atoms with Crippen LogP contribution < -0.4 is 5.43 Å². The summed E-state index contributed by atoms with van der Waals surface area (Å²) < 4.78 is 6.69. The lowest BCUT2D eigenvalue weighted by Crippen LogP contribution is -2.31. The van der Waals surface area contributed by atoms with Gasteiger partial charge in [-0.1, -0.05) is 40.9 Å². The molecule has 0 aromatic heterocycles. The molecule has 0 heterocycles. The summed E-state index contributed by atoms with van der Waals surface area (Å²) in [5.74, 6) is -0.00240. The predicted octanol–water partition coefficient (Wildman–Crippen LogP) is 6.57. The van der Waals surface area contributed by atoms with Crippen LogP contribution in [0.25, 0.3) is 0 Å². The van der Waals surface area contributed by atoms with Crippen LogP contribution in [-0.4, -0.2) is 28.1 Å². The van der Waals surface area contributed by atoms with Crippen molar-refractivity contribution in [3.63, 3.8) is 0 Å². The van der Waals surface area contributed by atoms with E-state index in [2.05, 4.69) is 26.5 Å². The van der Waals surface area contributed by atoms with Gasteiger partial charge in [-0.25, -0.2) is 0 Å². The summed E-state index contributed by atoms with van der Waals surface area (Å²) >= 11 is 3.40. The Balaban J connectivity index is 1.43. The summed E-state index contributed by atoms with van der Waals surface area (Å²) in [6.07, 6.45) is 7.83. The first kappa shape index (κ1) is 26.7. The molecule has 2 atom stereocenters. The minimum absolute atomic E-state index is 0.0175. The molecule has 0 saturated heterocycles. The number of carbonyl (C=O) groups excluding carboxylic acids is 1. The zero-order valence-corrected chi connectivity index (χ0v) is 21.9. The first-order chi connectivity index (χ1) is 17.8. The third-order valence-corrected chi connectivity index (χ3v) is 8.00. The van der Waals surface area contributed by atoms with Gasteiger partial charge in [0.2, 0.25) is 0 Å². The molecule has 0 bridgehead atoms. The van der Waals surface area contributed by atoms with E-state index >= 15 is 0 Å². The van der Waals surface area contributed by atoms with Crippen LogP contribution in [0.2, 0.25) is 0 Å². The van der Waals surface area contributed by atoms with Crippen molar-refractivity contribution in [1.82, 2.24) is 0 Å².